The van der Waals surface area contributed by atoms with Crippen molar-refractivity contribution in [2.45, 2.75) is 12.5 Å². The Bertz CT molecular complexity index is 1070. The van der Waals surface area contributed by atoms with Crippen LogP contribution in [0.25, 0.3) is 16.6 Å². The van der Waals surface area contributed by atoms with Crippen LogP contribution in [0.2, 0.25) is 0 Å². The van der Waals surface area contributed by atoms with Crippen molar-refractivity contribution in [3.63, 3.8) is 0 Å². The molecule has 1 unspecified atom stereocenters. The molecule has 0 saturated heterocycles. The third-order valence-corrected chi connectivity index (χ3v) is 4.92. The number of thiazole rings is 1. The maximum absolute atomic E-state index is 10.5. The Balaban J connectivity index is 1.74. The highest BCUT2D eigenvalue weighted by Gasteiger charge is 2.22. The Labute approximate surface area is 149 Å². The van der Waals surface area contributed by atoms with Gasteiger partial charge >= 0.3 is 0 Å². The predicted molar refractivity (Wildman–Crippen MR) is 99.6 cm³/mol. The van der Waals surface area contributed by atoms with E-state index < -0.39 is 5.60 Å². The van der Waals surface area contributed by atoms with E-state index in [4.69, 9.17) is 0 Å². The van der Waals surface area contributed by atoms with E-state index in [1.807, 2.05) is 41.9 Å². The molecule has 4 nitrogen and oxygen atoms in total. The first-order valence-corrected chi connectivity index (χ1v) is 8.68. The van der Waals surface area contributed by atoms with E-state index in [1.54, 1.807) is 25.5 Å². The molecule has 0 radical (unpaired) electrons. The Morgan fingerprint density at radius 1 is 1.12 bits per heavy atom. The van der Waals surface area contributed by atoms with Crippen molar-refractivity contribution in [1.82, 2.24) is 14.5 Å². The number of rotatable bonds is 2. The van der Waals surface area contributed by atoms with E-state index in [9.17, 15) is 5.11 Å². The maximum Gasteiger partial charge on any atom is 0.174 e. The number of fused-ring (bicyclic) bond motifs is 1. The SMILES string of the molecule is CC(O)(C#Cc1ccc2ccn(-c3ccncc3)c2c1)c1nccs1. The maximum atomic E-state index is 10.5. The molecule has 0 fully saturated rings. The molecule has 4 rings (SSSR count). The van der Waals surface area contributed by atoms with Crippen LogP contribution in [0.4, 0.5) is 0 Å². The summed E-state index contributed by atoms with van der Waals surface area (Å²) in [4.78, 5) is 8.22. The van der Waals surface area contributed by atoms with Gasteiger partial charge in [-0.15, -0.1) is 11.3 Å². The third-order valence-electron chi connectivity index (χ3n) is 3.93. The number of hydrogen-bond donors (Lipinski definition) is 1. The molecule has 3 aromatic heterocycles. The molecule has 0 saturated carbocycles. The molecule has 122 valence electrons. The summed E-state index contributed by atoms with van der Waals surface area (Å²) in [5, 5.41) is 14.1. The third kappa shape index (κ3) is 3.05. The van der Waals surface area contributed by atoms with Gasteiger partial charge in [-0.2, -0.15) is 0 Å². The molecule has 0 aliphatic rings. The lowest BCUT2D eigenvalue weighted by Gasteiger charge is -2.12. The monoisotopic (exact) mass is 345 g/mol. The van der Waals surface area contributed by atoms with E-state index >= 15 is 0 Å². The van der Waals surface area contributed by atoms with Gasteiger partial charge in [0.05, 0.1) is 5.52 Å². The van der Waals surface area contributed by atoms with Gasteiger partial charge in [0.1, 0.15) is 5.01 Å². The average Bonchev–Trinajstić information content (AvgIpc) is 3.31. The minimum absolute atomic E-state index is 0.598. The molecule has 25 heavy (non-hydrogen) atoms. The topological polar surface area (TPSA) is 50.9 Å². The molecule has 1 aromatic carbocycles. The van der Waals surface area contributed by atoms with Crippen molar-refractivity contribution in [3.05, 3.63) is 77.1 Å². The normalized spacial score (nSPS) is 13.2. The van der Waals surface area contributed by atoms with Crippen molar-refractivity contribution in [3.8, 4) is 17.5 Å². The molecule has 0 bridgehead atoms. The van der Waals surface area contributed by atoms with E-state index in [-0.39, 0.29) is 0 Å². The van der Waals surface area contributed by atoms with E-state index in [2.05, 4.69) is 32.4 Å². The van der Waals surface area contributed by atoms with Crippen LogP contribution in [0, 0.1) is 11.8 Å². The summed E-state index contributed by atoms with van der Waals surface area (Å²) in [6, 6.07) is 12.0. The van der Waals surface area contributed by atoms with Gasteiger partial charge in [-0.25, -0.2) is 4.98 Å². The van der Waals surface area contributed by atoms with Crippen molar-refractivity contribution in [2.24, 2.45) is 0 Å². The summed E-state index contributed by atoms with van der Waals surface area (Å²) >= 11 is 1.40. The second kappa shape index (κ2) is 6.17. The van der Waals surface area contributed by atoms with Gasteiger partial charge in [0.2, 0.25) is 0 Å². The zero-order valence-electron chi connectivity index (χ0n) is 13.5. The smallest absolute Gasteiger partial charge is 0.174 e. The van der Waals surface area contributed by atoms with Crippen LogP contribution in [0.5, 0.6) is 0 Å². The Hall–Kier alpha value is -2.94. The predicted octanol–water partition coefficient (Wildman–Crippen LogP) is 3.74. The molecule has 1 atom stereocenters. The lowest BCUT2D eigenvalue weighted by molar-refractivity contribution is 0.122. The van der Waals surface area contributed by atoms with Crippen molar-refractivity contribution in [2.75, 3.05) is 0 Å². The van der Waals surface area contributed by atoms with Crippen LogP contribution in [0.15, 0.2) is 66.6 Å². The molecule has 0 aliphatic carbocycles. The number of aromatic nitrogens is 3. The molecule has 4 aromatic rings. The number of aliphatic hydroxyl groups is 1. The number of hydrogen-bond acceptors (Lipinski definition) is 4. The molecule has 0 spiro atoms. The summed E-state index contributed by atoms with van der Waals surface area (Å²) in [5.41, 5.74) is 1.70. The van der Waals surface area contributed by atoms with Crippen molar-refractivity contribution < 1.29 is 5.11 Å². The Morgan fingerprint density at radius 2 is 1.96 bits per heavy atom. The number of nitrogens with zero attached hydrogens (tertiary/aromatic N) is 3. The zero-order chi connectivity index (χ0) is 17.3. The molecule has 1 N–H and O–H groups in total. The summed E-state index contributed by atoms with van der Waals surface area (Å²) in [6.07, 6.45) is 7.25. The number of benzene rings is 1. The minimum Gasteiger partial charge on any atom is -0.371 e. The first kappa shape index (κ1) is 15.6. The van der Waals surface area contributed by atoms with Crippen molar-refractivity contribution >= 4 is 22.2 Å². The zero-order valence-corrected chi connectivity index (χ0v) is 14.4. The van der Waals surface area contributed by atoms with Crippen LogP contribution in [0.3, 0.4) is 0 Å². The summed E-state index contributed by atoms with van der Waals surface area (Å²) in [5.74, 6) is 6.00. The first-order valence-electron chi connectivity index (χ1n) is 7.80. The largest absolute Gasteiger partial charge is 0.371 e. The highest BCUT2D eigenvalue weighted by atomic mass is 32.1. The van der Waals surface area contributed by atoms with E-state index in [0.29, 0.717) is 5.01 Å². The van der Waals surface area contributed by atoms with Crippen LogP contribution < -0.4 is 0 Å². The van der Waals surface area contributed by atoms with Crippen LogP contribution in [-0.4, -0.2) is 19.6 Å². The molecule has 0 aliphatic heterocycles. The van der Waals surface area contributed by atoms with Gasteiger partial charge in [0.25, 0.3) is 0 Å². The molecule has 5 heteroatoms. The standard InChI is InChI=1S/C20H15N3OS/c1-20(24,19-22-11-13-25-19)8-4-15-2-3-16-7-12-23(18(16)14-15)17-5-9-21-10-6-17/h2-3,5-7,9-14,24H,1H3. The fourth-order valence-corrected chi connectivity index (χ4v) is 3.30. The van der Waals surface area contributed by atoms with Crippen LogP contribution >= 0.6 is 11.3 Å². The summed E-state index contributed by atoms with van der Waals surface area (Å²) < 4.78 is 2.10. The average molecular weight is 345 g/mol. The molecular formula is C20H15N3OS. The highest BCUT2D eigenvalue weighted by molar-refractivity contribution is 7.09. The summed E-state index contributed by atoms with van der Waals surface area (Å²) in [7, 11) is 0. The fourth-order valence-electron chi connectivity index (χ4n) is 2.65. The Kier molecular flexibility index (Phi) is 3.85. The first-order chi connectivity index (χ1) is 12.1. The second-order valence-electron chi connectivity index (χ2n) is 5.82. The second-order valence-corrected chi connectivity index (χ2v) is 6.72. The van der Waals surface area contributed by atoms with Gasteiger partial charge in [-0.05, 0) is 37.3 Å². The highest BCUT2D eigenvalue weighted by Crippen LogP contribution is 2.23. The quantitative estimate of drug-likeness (QED) is 0.563. The van der Waals surface area contributed by atoms with Gasteiger partial charge < -0.3 is 9.67 Å². The minimum atomic E-state index is -1.25. The summed E-state index contributed by atoms with van der Waals surface area (Å²) in [6.45, 7) is 1.66. The van der Waals surface area contributed by atoms with Gasteiger partial charge in [-0.3, -0.25) is 4.98 Å². The van der Waals surface area contributed by atoms with Gasteiger partial charge in [0, 0.05) is 46.8 Å². The van der Waals surface area contributed by atoms with Crippen LogP contribution in [-0.2, 0) is 5.60 Å². The number of pyridine rings is 1. The van der Waals surface area contributed by atoms with Crippen molar-refractivity contribution in [1.29, 1.82) is 0 Å². The molecular weight excluding hydrogens is 330 g/mol. The van der Waals surface area contributed by atoms with E-state index in [0.717, 1.165) is 22.2 Å². The molecule has 3 heterocycles. The van der Waals surface area contributed by atoms with Gasteiger partial charge in [-0.1, -0.05) is 17.9 Å². The molecule has 0 amide bonds. The van der Waals surface area contributed by atoms with Crippen LogP contribution in [0.1, 0.15) is 17.5 Å². The van der Waals surface area contributed by atoms with Gasteiger partial charge in [0.15, 0.2) is 5.60 Å². The lowest BCUT2D eigenvalue weighted by Crippen LogP contribution is -2.17. The van der Waals surface area contributed by atoms with E-state index in [1.165, 1.54) is 11.3 Å². The fraction of sp³-hybridized carbons (Fsp3) is 0.100. The Morgan fingerprint density at radius 3 is 2.72 bits per heavy atom. The lowest BCUT2D eigenvalue weighted by atomic mass is 10.1.